The quantitative estimate of drug-likeness (QED) is 0.466. The summed E-state index contributed by atoms with van der Waals surface area (Å²) in [5.41, 5.74) is 2.76. The van der Waals surface area contributed by atoms with E-state index in [1.807, 2.05) is 12.1 Å². The summed E-state index contributed by atoms with van der Waals surface area (Å²) in [5, 5.41) is 12.5. The van der Waals surface area contributed by atoms with Crippen LogP contribution in [-0.4, -0.2) is 34.7 Å². The molecule has 2 aliphatic heterocycles. The number of benzene rings is 2. The number of non-ortho nitro benzene ring substituents is 1. The SMILES string of the molecule is O=[N+]([O-])c1cc2c(c(CN3CCC[C@H](c4nc5ccccc5s4)C3)c1)OCOC2. The molecule has 1 atom stereocenters. The molecule has 7 nitrogen and oxygen atoms in total. The Morgan fingerprint density at radius 1 is 1.31 bits per heavy atom. The second-order valence-electron chi connectivity index (χ2n) is 7.55. The molecule has 1 fully saturated rings. The van der Waals surface area contributed by atoms with E-state index in [-0.39, 0.29) is 17.4 Å². The fraction of sp³-hybridized carbons (Fsp3) is 0.381. The highest BCUT2D eigenvalue weighted by atomic mass is 32.1. The van der Waals surface area contributed by atoms with Gasteiger partial charge in [-0.1, -0.05) is 12.1 Å². The normalized spacial score (nSPS) is 19.7. The first-order chi connectivity index (χ1) is 14.2. The zero-order chi connectivity index (χ0) is 19.8. The van der Waals surface area contributed by atoms with Crippen LogP contribution in [0, 0.1) is 10.1 Å². The molecule has 1 saturated heterocycles. The highest BCUT2D eigenvalue weighted by Crippen LogP contribution is 2.36. The average molecular weight is 411 g/mol. The third-order valence-corrected chi connectivity index (χ3v) is 6.74. The van der Waals surface area contributed by atoms with Gasteiger partial charge in [-0.25, -0.2) is 4.98 Å². The zero-order valence-electron chi connectivity index (χ0n) is 15.9. The largest absolute Gasteiger partial charge is 0.467 e. The van der Waals surface area contributed by atoms with Crippen molar-refractivity contribution in [1.29, 1.82) is 0 Å². The molecule has 8 heteroatoms. The summed E-state index contributed by atoms with van der Waals surface area (Å²) in [4.78, 5) is 18.2. The lowest BCUT2D eigenvalue weighted by atomic mass is 9.97. The second-order valence-corrected chi connectivity index (χ2v) is 8.62. The van der Waals surface area contributed by atoms with Crippen molar-refractivity contribution in [3.63, 3.8) is 0 Å². The minimum atomic E-state index is -0.349. The van der Waals surface area contributed by atoms with Crippen molar-refractivity contribution < 1.29 is 14.4 Å². The molecule has 0 amide bonds. The first kappa shape index (κ1) is 18.5. The Balaban J connectivity index is 1.39. The number of nitro benzene ring substituents is 1. The molecule has 0 radical (unpaired) electrons. The van der Waals surface area contributed by atoms with Gasteiger partial charge in [-0.15, -0.1) is 11.3 Å². The lowest BCUT2D eigenvalue weighted by Crippen LogP contribution is -2.34. The van der Waals surface area contributed by atoms with Crippen LogP contribution in [0.4, 0.5) is 5.69 Å². The van der Waals surface area contributed by atoms with Gasteiger partial charge in [0.05, 0.1) is 26.8 Å². The maximum Gasteiger partial charge on any atom is 0.270 e. The van der Waals surface area contributed by atoms with Crippen molar-refractivity contribution in [1.82, 2.24) is 9.88 Å². The monoisotopic (exact) mass is 411 g/mol. The average Bonchev–Trinajstić information content (AvgIpc) is 3.18. The number of piperidine rings is 1. The Kier molecular flexibility index (Phi) is 4.91. The Hall–Kier alpha value is -2.55. The van der Waals surface area contributed by atoms with Crippen LogP contribution in [0.3, 0.4) is 0 Å². The zero-order valence-corrected chi connectivity index (χ0v) is 16.7. The molecule has 0 saturated carbocycles. The summed E-state index contributed by atoms with van der Waals surface area (Å²) in [6, 6.07) is 11.4. The number of thiazole rings is 1. The van der Waals surface area contributed by atoms with Crippen molar-refractivity contribution in [3.8, 4) is 5.75 Å². The van der Waals surface area contributed by atoms with Gasteiger partial charge >= 0.3 is 0 Å². The first-order valence-electron chi connectivity index (χ1n) is 9.76. The van der Waals surface area contributed by atoms with Crippen molar-refractivity contribution >= 4 is 27.2 Å². The molecular weight excluding hydrogens is 390 g/mol. The maximum absolute atomic E-state index is 11.4. The van der Waals surface area contributed by atoms with Gasteiger partial charge in [0.15, 0.2) is 6.79 Å². The van der Waals surface area contributed by atoms with E-state index < -0.39 is 0 Å². The molecule has 150 valence electrons. The molecule has 0 bridgehead atoms. The summed E-state index contributed by atoms with van der Waals surface area (Å²) < 4.78 is 12.2. The van der Waals surface area contributed by atoms with Gasteiger partial charge in [0, 0.05) is 42.3 Å². The van der Waals surface area contributed by atoms with Gasteiger partial charge in [-0.3, -0.25) is 15.0 Å². The predicted octanol–water partition coefficient (Wildman–Crippen LogP) is 4.45. The number of para-hydroxylation sites is 1. The molecule has 2 aliphatic rings. The van der Waals surface area contributed by atoms with Crippen LogP contribution in [0.25, 0.3) is 10.2 Å². The number of likely N-dealkylation sites (tertiary alicyclic amines) is 1. The first-order valence-corrected chi connectivity index (χ1v) is 10.6. The number of rotatable bonds is 4. The number of nitrogens with zero attached hydrogens (tertiary/aromatic N) is 3. The van der Waals surface area contributed by atoms with E-state index >= 15 is 0 Å². The number of nitro groups is 1. The van der Waals surface area contributed by atoms with E-state index in [0.29, 0.717) is 19.1 Å². The summed E-state index contributed by atoms with van der Waals surface area (Å²) in [6.07, 6.45) is 2.20. The highest BCUT2D eigenvalue weighted by molar-refractivity contribution is 7.18. The highest BCUT2D eigenvalue weighted by Gasteiger charge is 2.27. The molecular formula is C21H21N3O4S. The van der Waals surface area contributed by atoms with E-state index in [1.165, 1.54) is 9.71 Å². The minimum absolute atomic E-state index is 0.0904. The van der Waals surface area contributed by atoms with Crippen LogP contribution in [0.15, 0.2) is 36.4 Å². The van der Waals surface area contributed by atoms with Gasteiger partial charge in [0.2, 0.25) is 0 Å². The topological polar surface area (TPSA) is 77.7 Å². The fourth-order valence-corrected chi connectivity index (χ4v) is 5.30. The Labute approximate surface area is 172 Å². The molecule has 1 aromatic heterocycles. The van der Waals surface area contributed by atoms with Crippen LogP contribution >= 0.6 is 11.3 Å². The van der Waals surface area contributed by atoms with Crippen molar-refractivity contribution in [2.24, 2.45) is 0 Å². The maximum atomic E-state index is 11.4. The van der Waals surface area contributed by atoms with Crippen LogP contribution in [0.5, 0.6) is 5.75 Å². The summed E-state index contributed by atoms with van der Waals surface area (Å²) in [5.74, 6) is 1.13. The molecule has 2 aromatic carbocycles. The molecule has 0 aliphatic carbocycles. The van der Waals surface area contributed by atoms with Gasteiger partial charge < -0.3 is 9.47 Å². The molecule has 0 spiro atoms. The van der Waals surface area contributed by atoms with E-state index in [0.717, 1.165) is 48.3 Å². The van der Waals surface area contributed by atoms with Gasteiger partial charge in [0.25, 0.3) is 5.69 Å². The fourth-order valence-electron chi connectivity index (χ4n) is 4.21. The molecule has 0 unspecified atom stereocenters. The second kappa shape index (κ2) is 7.70. The molecule has 0 N–H and O–H groups in total. The number of ether oxygens (including phenoxy) is 2. The molecule has 5 rings (SSSR count). The Morgan fingerprint density at radius 2 is 2.21 bits per heavy atom. The van der Waals surface area contributed by atoms with E-state index in [1.54, 1.807) is 23.5 Å². The lowest BCUT2D eigenvalue weighted by molar-refractivity contribution is -0.385. The van der Waals surface area contributed by atoms with Gasteiger partial charge in [0.1, 0.15) is 5.75 Å². The van der Waals surface area contributed by atoms with E-state index in [4.69, 9.17) is 14.5 Å². The Morgan fingerprint density at radius 3 is 3.07 bits per heavy atom. The standard InChI is InChI=1S/C21H21N3O4S/c25-24(26)17-8-15(20-16(9-17)12-27-13-28-20)11-23-7-3-4-14(10-23)21-22-18-5-1-2-6-19(18)29-21/h1-2,5-6,8-9,14H,3-4,7,10-13H2/t14-/m0/s1. The number of fused-ring (bicyclic) bond motifs is 2. The third kappa shape index (κ3) is 3.71. The Bertz CT molecular complexity index is 1030. The van der Waals surface area contributed by atoms with Crippen LogP contribution < -0.4 is 4.74 Å². The van der Waals surface area contributed by atoms with Gasteiger partial charge in [-0.2, -0.15) is 0 Å². The van der Waals surface area contributed by atoms with Crippen molar-refractivity contribution in [2.75, 3.05) is 19.9 Å². The minimum Gasteiger partial charge on any atom is -0.467 e. The summed E-state index contributed by atoms with van der Waals surface area (Å²) in [6.45, 7) is 3.03. The van der Waals surface area contributed by atoms with Gasteiger partial charge in [-0.05, 0) is 31.5 Å². The third-order valence-electron chi connectivity index (χ3n) is 5.54. The van der Waals surface area contributed by atoms with E-state index in [9.17, 15) is 10.1 Å². The predicted molar refractivity (Wildman–Crippen MR) is 110 cm³/mol. The smallest absolute Gasteiger partial charge is 0.270 e. The molecule has 3 aromatic rings. The van der Waals surface area contributed by atoms with E-state index in [2.05, 4.69) is 17.0 Å². The summed E-state index contributed by atoms with van der Waals surface area (Å²) in [7, 11) is 0. The lowest BCUT2D eigenvalue weighted by Gasteiger charge is -2.32. The van der Waals surface area contributed by atoms with Crippen molar-refractivity contribution in [2.45, 2.75) is 31.9 Å². The number of hydrogen-bond donors (Lipinski definition) is 0. The van der Waals surface area contributed by atoms with Crippen LogP contribution in [0.1, 0.15) is 34.9 Å². The van der Waals surface area contributed by atoms with Crippen LogP contribution in [0.2, 0.25) is 0 Å². The number of aromatic nitrogens is 1. The number of hydrogen-bond acceptors (Lipinski definition) is 7. The van der Waals surface area contributed by atoms with Crippen molar-refractivity contribution in [3.05, 3.63) is 62.6 Å². The summed E-state index contributed by atoms with van der Waals surface area (Å²) >= 11 is 1.77. The molecule has 3 heterocycles. The van der Waals surface area contributed by atoms with Crippen LogP contribution in [-0.2, 0) is 17.9 Å². The molecule has 29 heavy (non-hydrogen) atoms.